The Morgan fingerprint density at radius 3 is 2.21 bits per heavy atom. The molecule has 0 aliphatic rings. The second-order valence-electron chi connectivity index (χ2n) is 5.22. The van der Waals surface area contributed by atoms with Crippen molar-refractivity contribution in [3.8, 4) is 0 Å². The first-order chi connectivity index (χ1) is 6.20. The molecule has 0 heterocycles. The van der Waals surface area contributed by atoms with Crippen LogP contribution in [0.2, 0.25) is 18.1 Å². The molecule has 2 heteroatoms. The summed E-state index contributed by atoms with van der Waals surface area (Å²) in [6, 6.07) is 0. The number of hydrogen-bond donors (Lipinski definition) is 0. The van der Waals surface area contributed by atoms with Crippen LogP contribution in [0.4, 0.5) is 0 Å². The van der Waals surface area contributed by atoms with Crippen molar-refractivity contribution in [2.75, 3.05) is 6.61 Å². The quantitative estimate of drug-likeness (QED) is 0.491. The van der Waals surface area contributed by atoms with Gasteiger partial charge in [-0.2, -0.15) is 0 Å². The largest absolute Gasteiger partial charge is 0.416 e. The maximum absolute atomic E-state index is 6.00. The van der Waals surface area contributed by atoms with Gasteiger partial charge in [-0.25, -0.2) is 0 Å². The second kappa shape index (κ2) is 4.94. The van der Waals surface area contributed by atoms with Gasteiger partial charge >= 0.3 is 0 Å². The molecule has 0 aromatic carbocycles. The highest BCUT2D eigenvalue weighted by molar-refractivity contribution is 6.74. The molecule has 0 aliphatic carbocycles. The highest BCUT2D eigenvalue weighted by atomic mass is 28.4. The van der Waals surface area contributed by atoms with Crippen LogP contribution in [0.3, 0.4) is 0 Å². The zero-order valence-corrected chi connectivity index (χ0v) is 11.3. The van der Waals surface area contributed by atoms with Gasteiger partial charge in [-0.3, -0.25) is 0 Å². The van der Waals surface area contributed by atoms with Crippen LogP contribution in [0.25, 0.3) is 0 Å². The zero-order chi connectivity index (χ0) is 11.4. The summed E-state index contributed by atoms with van der Waals surface area (Å²) in [6.07, 6.45) is 2.70. The van der Waals surface area contributed by atoms with Crippen molar-refractivity contribution in [3.63, 3.8) is 0 Å². The fraction of sp³-hybridized carbons (Fsp3) is 0.667. The third-order valence-electron chi connectivity index (χ3n) is 2.98. The Morgan fingerprint density at radius 1 is 1.36 bits per heavy atom. The van der Waals surface area contributed by atoms with Gasteiger partial charge in [0, 0.05) is 6.61 Å². The topological polar surface area (TPSA) is 9.23 Å². The van der Waals surface area contributed by atoms with E-state index in [0.717, 1.165) is 18.6 Å². The lowest BCUT2D eigenvalue weighted by atomic mass is 10.2. The normalized spacial score (nSPS) is 12.6. The van der Waals surface area contributed by atoms with Gasteiger partial charge in [0.15, 0.2) is 8.32 Å². The van der Waals surface area contributed by atoms with E-state index >= 15 is 0 Å². The minimum atomic E-state index is -1.56. The molecule has 0 fully saturated rings. The van der Waals surface area contributed by atoms with E-state index in [4.69, 9.17) is 4.43 Å². The summed E-state index contributed by atoms with van der Waals surface area (Å²) in [7, 11) is -1.56. The Labute approximate surface area is 90.0 Å². The Kier molecular flexibility index (Phi) is 4.82. The highest BCUT2D eigenvalue weighted by Crippen LogP contribution is 2.36. The Balaban J connectivity index is 4.01. The first-order valence-electron chi connectivity index (χ1n) is 5.15. The van der Waals surface area contributed by atoms with Crippen LogP contribution in [0.5, 0.6) is 0 Å². The van der Waals surface area contributed by atoms with Gasteiger partial charge in [-0.1, -0.05) is 45.6 Å². The Morgan fingerprint density at radius 2 is 1.86 bits per heavy atom. The van der Waals surface area contributed by atoms with E-state index in [1.54, 1.807) is 6.08 Å². The monoisotopic (exact) mass is 212 g/mol. The molecule has 0 bridgehead atoms. The molecule has 0 rings (SSSR count). The predicted octanol–water partition coefficient (Wildman–Crippen LogP) is 4.14. The van der Waals surface area contributed by atoms with Crippen molar-refractivity contribution in [2.45, 2.75) is 45.3 Å². The maximum atomic E-state index is 6.00. The first-order valence-corrected chi connectivity index (χ1v) is 8.06. The number of hydrogen-bond acceptors (Lipinski definition) is 1. The van der Waals surface area contributed by atoms with Crippen LogP contribution >= 0.6 is 0 Å². The molecular weight excluding hydrogens is 188 g/mol. The summed E-state index contributed by atoms with van der Waals surface area (Å²) in [5.41, 5.74) is 1.06. The SMILES string of the molecule is C=CC(=C)CCO[Si](C)(C)C(C)(C)C. The predicted molar refractivity (Wildman–Crippen MR) is 67.1 cm³/mol. The molecule has 0 saturated carbocycles. The molecular formula is C12H24OSi. The molecule has 0 amide bonds. The van der Waals surface area contributed by atoms with Crippen molar-refractivity contribution < 1.29 is 4.43 Å². The third-order valence-corrected chi connectivity index (χ3v) is 7.52. The summed E-state index contributed by atoms with van der Waals surface area (Å²) >= 11 is 0. The standard InChI is InChI=1S/C12H24OSi/c1-8-11(2)9-10-13-14(6,7)12(3,4)5/h8H,1-2,9-10H2,3-7H3. The summed E-state index contributed by atoms with van der Waals surface area (Å²) in [5.74, 6) is 0. The molecule has 0 radical (unpaired) electrons. The van der Waals surface area contributed by atoms with Gasteiger partial charge in [0.25, 0.3) is 0 Å². The van der Waals surface area contributed by atoms with Crippen LogP contribution in [0, 0.1) is 0 Å². The van der Waals surface area contributed by atoms with E-state index in [-0.39, 0.29) is 0 Å². The van der Waals surface area contributed by atoms with Gasteiger partial charge in [-0.05, 0) is 24.6 Å². The van der Waals surface area contributed by atoms with E-state index in [2.05, 4.69) is 47.0 Å². The smallest absolute Gasteiger partial charge is 0.191 e. The summed E-state index contributed by atoms with van der Waals surface area (Å²) in [6.45, 7) is 19.6. The minimum absolute atomic E-state index is 0.294. The van der Waals surface area contributed by atoms with Crippen molar-refractivity contribution in [1.82, 2.24) is 0 Å². The van der Waals surface area contributed by atoms with Gasteiger partial charge < -0.3 is 4.43 Å². The lowest BCUT2D eigenvalue weighted by Crippen LogP contribution is -2.40. The second-order valence-corrected chi connectivity index (χ2v) is 10.0. The molecule has 0 saturated heterocycles. The van der Waals surface area contributed by atoms with Crippen molar-refractivity contribution in [2.24, 2.45) is 0 Å². The molecule has 14 heavy (non-hydrogen) atoms. The summed E-state index contributed by atoms with van der Waals surface area (Å²) in [4.78, 5) is 0. The van der Waals surface area contributed by atoms with Crippen LogP contribution < -0.4 is 0 Å². The fourth-order valence-electron chi connectivity index (χ4n) is 0.756. The molecule has 0 atom stereocenters. The van der Waals surface area contributed by atoms with Crippen LogP contribution in [0.15, 0.2) is 24.8 Å². The van der Waals surface area contributed by atoms with Gasteiger partial charge in [0.2, 0.25) is 0 Å². The fourth-order valence-corrected chi connectivity index (χ4v) is 1.80. The van der Waals surface area contributed by atoms with Crippen LogP contribution in [-0.2, 0) is 4.43 Å². The lowest BCUT2D eigenvalue weighted by Gasteiger charge is -2.36. The average Bonchev–Trinajstić information content (AvgIpc) is 2.01. The van der Waals surface area contributed by atoms with Crippen molar-refractivity contribution in [3.05, 3.63) is 24.8 Å². The van der Waals surface area contributed by atoms with E-state index in [9.17, 15) is 0 Å². The highest BCUT2D eigenvalue weighted by Gasteiger charge is 2.36. The van der Waals surface area contributed by atoms with Crippen LogP contribution in [-0.4, -0.2) is 14.9 Å². The van der Waals surface area contributed by atoms with Gasteiger partial charge in [0.05, 0.1) is 0 Å². The van der Waals surface area contributed by atoms with Gasteiger partial charge in [0.1, 0.15) is 0 Å². The minimum Gasteiger partial charge on any atom is -0.416 e. The lowest BCUT2D eigenvalue weighted by molar-refractivity contribution is 0.292. The molecule has 0 aromatic heterocycles. The summed E-state index contributed by atoms with van der Waals surface area (Å²) < 4.78 is 6.00. The van der Waals surface area contributed by atoms with Crippen molar-refractivity contribution >= 4 is 8.32 Å². The molecule has 0 aliphatic heterocycles. The van der Waals surface area contributed by atoms with E-state index in [0.29, 0.717) is 5.04 Å². The first kappa shape index (κ1) is 13.7. The third kappa shape index (κ3) is 4.25. The van der Waals surface area contributed by atoms with Crippen LogP contribution in [0.1, 0.15) is 27.2 Å². The van der Waals surface area contributed by atoms with Crippen molar-refractivity contribution in [1.29, 1.82) is 0 Å². The molecule has 0 spiro atoms. The maximum Gasteiger partial charge on any atom is 0.191 e. The Hall–Kier alpha value is -0.343. The molecule has 82 valence electrons. The zero-order valence-electron chi connectivity index (χ0n) is 10.3. The van der Waals surface area contributed by atoms with E-state index in [1.807, 2.05) is 0 Å². The summed E-state index contributed by atoms with van der Waals surface area (Å²) in [5, 5.41) is 0.294. The average molecular weight is 212 g/mol. The molecule has 0 unspecified atom stereocenters. The van der Waals surface area contributed by atoms with E-state index < -0.39 is 8.32 Å². The molecule has 1 nitrogen and oxygen atoms in total. The number of allylic oxidation sites excluding steroid dienone is 1. The van der Waals surface area contributed by atoms with E-state index in [1.165, 1.54) is 0 Å². The Bertz CT molecular complexity index is 211. The molecule has 0 aromatic rings. The number of rotatable bonds is 5. The molecule has 0 N–H and O–H groups in total. The van der Waals surface area contributed by atoms with Gasteiger partial charge in [-0.15, -0.1) is 0 Å².